The van der Waals surface area contributed by atoms with Crippen LogP contribution >= 0.6 is 0 Å². The van der Waals surface area contributed by atoms with E-state index in [9.17, 15) is 9.59 Å². The summed E-state index contributed by atoms with van der Waals surface area (Å²) in [5, 5.41) is 20.5. The number of nitrogens with zero attached hydrogens (tertiary/aromatic N) is 4. The number of carboxylic acid groups (broad SMARTS) is 1. The van der Waals surface area contributed by atoms with E-state index in [1.807, 2.05) is 31.5 Å². The molecule has 128 valence electrons. The van der Waals surface area contributed by atoms with E-state index >= 15 is 0 Å². The van der Waals surface area contributed by atoms with Gasteiger partial charge in [0.1, 0.15) is 12.4 Å². The summed E-state index contributed by atoms with van der Waals surface area (Å²) in [7, 11) is 0. The highest BCUT2D eigenvalue weighted by molar-refractivity contribution is 5.94. The number of rotatable bonds is 5. The number of aryl methyl sites for hydroxylation is 4. The van der Waals surface area contributed by atoms with Gasteiger partial charge in [-0.1, -0.05) is 0 Å². The fourth-order valence-electron chi connectivity index (χ4n) is 3.39. The molecular formula is C16H21N5O3. The Labute approximate surface area is 139 Å². The predicted molar refractivity (Wildman–Crippen MR) is 86.9 cm³/mol. The first kappa shape index (κ1) is 16.2. The first-order valence-corrected chi connectivity index (χ1v) is 7.95. The second-order valence-electron chi connectivity index (χ2n) is 6.29. The topological polar surface area (TPSA) is 102 Å². The molecule has 2 N–H and O–H groups in total. The number of aliphatic carboxylic acids is 1. The van der Waals surface area contributed by atoms with Crippen LogP contribution in [0, 0.1) is 20.8 Å². The monoisotopic (exact) mass is 331 g/mol. The molecule has 2 aromatic heterocycles. The van der Waals surface area contributed by atoms with Crippen molar-refractivity contribution in [1.82, 2.24) is 19.6 Å². The third kappa shape index (κ3) is 3.04. The van der Waals surface area contributed by atoms with Crippen LogP contribution in [-0.2, 0) is 22.7 Å². The van der Waals surface area contributed by atoms with E-state index in [1.165, 1.54) is 4.68 Å². The Kier molecular flexibility index (Phi) is 4.13. The third-order valence-electron chi connectivity index (χ3n) is 4.35. The molecule has 0 bridgehead atoms. The fourth-order valence-corrected chi connectivity index (χ4v) is 3.39. The van der Waals surface area contributed by atoms with Crippen LogP contribution in [0.2, 0.25) is 0 Å². The second kappa shape index (κ2) is 6.10. The smallest absolute Gasteiger partial charge is 0.325 e. The molecule has 0 unspecified atom stereocenters. The number of hydrogen-bond acceptors (Lipinski definition) is 4. The number of fused-ring (bicyclic) bond motifs is 1. The summed E-state index contributed by atoms with van der Waals surface area (Å²) in [4.78, 5) is 23.0. The van der Waals surface area contributed by atoms with E-state index in [0.29, 0.717) is 18.8 Å². The zero-order chi connectivity index (χ0) is 17.4. The van der Waals surface area contributed by atoms with Crippen LogP contribution in [-0.4, -0.2) is 36.5 Å². The van der Waals surface area contributed by atoms with E-state index in [2.05, 4.69) is 15.5 Å². The standard InChI is InChI=1S/C16H21N5O3/c1-9-6-10(2)20(18-9)5-4-12-7-13(22)17-16-15(12)11(3)19-21(16)8-14(23)24/h6,12H,4-5,7-8H2,1-3H3,(H,17,22)(H,23,24)/t12-/m1/s1. The van der Waals surface area contributed by atoms with Gasteiger partial charge < -0.3 is 10.4 Å². The largest absolute Gasteiger partial charge is 0.480 e. The van der Waals surface area contributed by atoms with Gasteiger partial charge in [-0.2, -0.15) is 10.2 Å². The highest BCUT2D eigenvalue weighted by Crippen LogP contribution is 2.37. The molecule has 3 heterocycles. The van der Waals surface area contributed by atoms with Crippen molar-refractivity contribution < 1.29 is 14.7 Å². The highest BCUT2D eigenvalue weighted by Gasteiger charge is 2.31. The molecule has 8 heteroatoms. The lowest BCUT2D eigenvalue weighted by molar-refractivity contribution is -0.137. The summed E-state index contributed by atoms with van der Waals surface area (Å²) in [5.74, 6) is -0.559. The van der Waals surface area contributed by atoms with Gasteiger partial charge in [-0.3, -0.25) is 14.3 Å². The maximum Gasteiger partial charge on any atom is 0.325 e. The van der Waals surface area contributed by atoms with Crippen molar-refractivity contribution in [3.05, 3.63) is 28.7 Å². The number of amides is 1. The Morgan fingerprint density at radius 1 is 1.33 bits per heavy atom. The van der Waals surface area contributed by atoms with E-state index in [-0.39, 0.29) is 18.4 Å². The van der Waals surface area contributed by atoms with Gasteiger partial charge in [0.25, 0.3) is 0 Å². The van der Waals surface area contributed by atoms with Crippen molar-refractivity contribution in [3.63, 3.8) is 0 Å². The molecule has 0 spiro atoms. The van der Waals surface area contributed by atoms with Crippen LogP contribution in [0.1, 0.15) is 41.4 Å². The number of nitrogens with one attached hydrogen (secondary N) is 1. The van der Waals surface area contributed by atoms with Crippen LogP contribution < -0.4 is 5.32 Å². The van der Waals surface area contributed by atoms with Crippen molar-refractivity contribution >= 4 is 17.7 Å². The molecule has 0 saturated heterocycles. The molecule has 1 atom stereocenters. The zero-order valence-corrected chi connectivity index (χ0v) is 14.0. The molecule has 1 aliphatic rings. The Bertz CT molecular complexity index is 805. The minimum absolute atomic E-state index is 0.0141. The maximum absolute atomic E-state index is 12.0. The first-order valence-electron chi connectivity index (χ1n) is 7.95. The van der Waals surface area contributed by atoms with E-state index in [4.69, 9.17) is 5.11 Å². The highest BCUT2D eigenvalue weighted by atomic mass is 16.4. The third-order valence-corrected chi connectivity index (χ3v) is 4.35. The van der Waals surface area contributed by atoms with Gasteiger partial charge >= 0.3 is 5.97 Å². The lowest BCUT2D eigenvalue weighted by Gasteiger charge is -2.24. The molecule has 0 fully saturated rings. The van der Waals surface area contributed by atoms with Crippen LogP contribution in [0.5, 0.6) is 0 Å². The summed E-state index contributed by atoms with van der Waals surface area (Å²) in [5.41, 5.74) is 3.77. The number of aromatic nitrogens is 4. The number of carbonyl (C=O) groups is 2. The Morgan fingerprint density at radius 2 is 2.08 bits per heavy atom. The summed E-state index contributed by atoms with van der Waals surface area (Å²) < 4.78 is 3.30. The van der Waals surface area contributed by atoms with E-state index in [0.717, 1.165) is 29.1 Å². The van der Waals surface area contributed by atoms with Gasteiger partial charge in [0, 0.05) is 24.2 Å². The number of anilines is 1. The molecule has 1 aliphatic heterocycles. The molecule has 0 aromatic carbocycles. The fraction of sp³-hybridized carbons (Fsp3) is 0.500. The van der Waals surface area contributed by atoms with Gasteiger partial charge in [-0.05, 0) is 39.2 Å². The molecule has 0 radical (unpaired) electrons. The average Bonchev–Trinajstić information content (AvgIpc) is 2.95. The number of carboxylic acids is 1. The Hall–Kier alpha value is -2.64. The summed E-state index contributed by atoms with van der Waals surface area (Å²) in [6.45, 7) is 6.26. The summed E-state index contributed by atoms with van der Waals surface area (Å²) in [6, 6.07) is 2.02. The van der Waals surface area contributed by atoms with Gasteiger partial charge in [0.2, 0.25) is 5.91 Å². The molecule has 3 rings (SSSR count). The van der Waals surface area contributed by atoms with Gasteiger partial charge in [-0.25, -0.2) is 4.68 Å². The molecule has 0 saturated carbocycles. The average molecular weight is 331 g/mol. The maximum atomic E-state index is 12.0. The molecule has 1 amide bonds. The van der Waals surface area contributed by atoms with Gasteiger partial charge in [-0.15, -0.1) is 0 Å². The molecule has 2 aromatic rings. The van der Waals surface area contributed by atoms with Gasteiger partial charge in [0.05, 0.1) is 11.4 Å². The SMILES string of the molecule is Cc1cc(C)n(CC[C@@H]2CC(=O)Nc3c2c(C)nn3CC(=O)O)n1. The summed E-state index contributed by atoms with van der Waals surface area (Å²) >= 11 is 0. The first-order chi connectivity index (χ1) is 11.3. The van der Waals surface area contributed by atoms with Crippen LogP contribution in [0.4, 0.5) is 5.82 Å². The Morgan fingerprint density at radius 3 is 2.71 bits per heavy atom. The number of carbonyl (C=O) groups excluding carboxylic acids is 1. The van der Waals surface area contributed by atoms with Crippen LogP contribution in [0.15, 0.2) is 6.07 Å². The predicted octanol–water partition coefficient (Wildman–Crippen LogP) is 1.61. The van der Waals surface area contributed by atoms with Crippen molar-refractivity contribution in [2.45, 2.75) is 52.6 Å². The molecular weight excluding hydrogens is 310 g/mol. The second-order valence-corrected chi connectivity index (χ2v) is 6.29. The normalized spacial score (nSPS) is 16.8. The van der Waals surface area contributed by atoms with E-state index in [1.54, 1.807) is 0 Å². The molecule has 8 nitrogen and oxygen atoms in total. The quantitative estimate of drug-likeness (QED) is 0.866. The van der Waals surface area contributed by atoms with Crippen molar-refractivity contribution in [2.24, 2.45) is 0 Å². The van der Waals surface area contributed by atoms with Crippen LogP contribution in [0.25, 0.3) is 0 Å². The minimum Gasteiger partial charge on any atom is -0.480 e. The minimum atomic E-state index is -0.987. The van der Waals surface area contributed by atoms with Crippen molar-refractivity contribution in [3.8, 4) is 0 Å². The van der Waals surface area contributed by atoms with Gasteiger partial charge in [0.15, 0.2) is 0 Å². The Balaban J connectivity index is 1.85. The van der Waals surface area contributed by atoms with Crippen LogP contribution in [0.3, 0.4) is 0 Å². The summed E-state index contributed by atoms with van der Waals surface area (Å²) in [6.07, 6.45) is 1.13. The molecule has 24 heavy (non-hydrogen) atoms. The number of hydrogen-bond donors (Lipinski definition) is 2. The van der Waals surface area contributed by atoms with Crippen molar-refractivity contribution in [1.29, 1.82) is 0 Å². The van der Waals surface area contributed by atoms with Crippen molar-refractivity contribution in [2.75, 3.05) is 5.32 Å². The van der Waals surface area contributed by atoms with E-state index < -0.39 is 5.97 Å². The molecule has 0 aliphatic carbocycles. The lowest BCUT2D eigenvalue weighted by Crippen LogP contribution is -2.26. The zero-order valence-electron chi connectivity index (χ0n) is 14.0. The lowest BCUT2D eigenvalue weighted by atomic mass is 9.89.